The molecule has 2 aromatic heterocycles. The molecule has 154 valence electrons. The summed E-state index contributed by atoms with van der Waals surface area (Å²) in [5.41, 5.74) is 6.52. The molecule has 1 aliphatic rings. The van der Waals surface area contributed by atoms with Crippen molar-refractivity contribution in [2.45, 2.75) is 32.2 Å². The van der Waals surface area contributed by atoms with Crippen molar-refractivity contribution in [3.63, 3.8) is 0 Å². The monoisotopic (exact) mass is 415 g/mol. The first kappa shape index (κ1) is 19.7. The van der Waals surface area contributed by atoms with Crippen molar-refractivity contribution in [2.75, 3.05) is 20.2 Å². The second-order valence-electron chi connectivity index (χ2n) is 7.26. The van der Waals surface area contributed by atoms with E-state index in [9.17, 15) is 9.90 Å². The fourth-order valence-corrected chi connectivity index (χ4v) is 5.04. The van der Waals surface area contributed by atoms with E-state index in [1.165, 1.54) is 15.9 Å². The van der Waals surface area contributed by atoms with Gasteiger partial charge in [0, 0.05) is 12.3 Å². The Balaban J connectivity index is 1.75. The summed E-state index contributed by atoms with van der Waals surface area (Å²) in [7, 11) is 1.64. The summed E-state index contributed by atoms with van der Waals surface area (Å²) in [4.78, 5) is 19.8. The third-order valence-corrected chi connectivity index (χ3v) is 6.59. The van der Waals surface area contributed by atoms with Crippen LogP contribution < -0.4 is 10.5 Å². The van der Waals surface area contributed by atoms with Crippen LogP contribution in [-0.4, -0.2) is 50.7 Å². The van der Waals surface area contributed by atoms with E-state index >= 15 is 0 Å². The van der Waals surface area contributed by atoms with Crippen LogP contribution in [0.3, 0.4) is 0 Å². The molecule has 1 aromatic carbocycles. The number of piperidine rings is 1. The van der Waals surface area contributed by atoms with Gasteiger partial charge in [0.15, 0.2) is 5.82 Å². The van der Waals surface area contributed by atoms with Crippen LogP contribution in [0.1, 0.15) is 42.1 Å². The Morgan fingerprint density at radius 3 is 2.79 bits per heavy atom. The third kappa shape index (κ3) is 3.67. The molecule has 8 nitrogen and oxygen atoms in total. The van der Waals surface area contributed by atoms with Gasteiger partial charge in [0.2, 0.25) is 16.7 Å². The second-order valence-corrected chi connectivity index (χ2v) is 8.27. The average molecular weight is 416 g/mol. The third-order valence-electron chi connectivity index (χ3n) is 5.51. The van der Waals surface area contributed by atoms with Crippen molar-refractivity contribution in [3.8, 4) is 11.6 Å². The Bertz CT molecular complexity index is 1020. The Morgan fingerprint density at radius 1 is 1.41 bits per heavy atom. The lowest BCUT2D eigenvalue weighted by atomic mass is 9.93. The summed E-state index contributed by atoms with van der Waals surface area (Å²) in [5.74, 6) is 1.24. The summed E-state index contributed by atoms with van der Waals surface area (Å²) < 4.78 is 6.93. The van der Waals surface area contributed by atoms with E-state index in [1.54, 1.807) is 7.11 Å². The smallest absolute Gasteiger partial charge is 0.230 e. The molecule has 0 spiro atoms. The number of hydrogen-bond acceptors (Lipinski definition) is 7. The number of aromatic hydroxyl groups is 1. The topological polar surface area (TPSA) is 106 Å². The average Bonchev–Trinajstić information content (AvgIpc) is 3.28. The van der Waals surface area contributed by atoms with Crippen LogP contribution in [-0.2, 0) is 11.2 Å². The van der Waals surface area contributed by atoms with E-state index < -0.39 is 0 Å². The Kier molecular flexibility index (Phi) is 5.42. The number of likely N-dealkylation sites (tertiary alicyclic amines) is 1. The van der Waals surface area contributed by atoms with Gasteiger partial charge in [-0.1, -0.05) is 30.4 Å². The summed E-state index contributed by atoms with van der Waals surface area (Å²) in [6.45, 7) is 3.41. The largest absolute Gasteiger partial charge is 0.497 e. The molecule has 3 heterocycles. The summed E-state index contributed by atoms with van der Waals surface area (Å²) in [5, 5.41) is 15.4. The zero-order valence-electron chi connectivity index (χ0n) is 16.5. The van der Waals surface area contributed by atoms with Crippen LogP contribution in [0.15, 0.2) is 24.3 Å². The van der Waals surface area contributed by atoms with E-state index in [2.05, 4.69) is 15.0 Å². The van der Waals surface area contributed by atoms with Gasteiger partial charge in [0.05, 0.1) is 18.0 Å². The Morgan fingerprint density at radius 2 is 2.17 bits per heavy atom. The molecular weight excluding hydrogens is 390 g/mol. The van der Waals surface area contributed by atoms with Crippen LogP contribution in [0.5, 0.6) is 11.6 Å². The quantitative estimate of drug-likeness (QED) is 0.640. The highest BCUT2D eigenvalue weighted by Crippen LogP contribution is 2.41. The number of thiazole rings is 1. The predicted octanol–water partition coefficient (Wildman–Crippen LogP) is 2.35. The minimum absolute atomic E-state index is 0.0970. The van der Waals surface area contributed by atoms with Gasteiger partial charge in [-0.15, -0.1) is 5.10 Å². The minimum Gasteiger partial charge on any atom is -0.497 e. The minimum atomic E-state index is -0.240. The molecule has 3 N–H and O–H groups in total. The number of ether oxygens (including phenoxy) is 1. The van der Waals surface area contributed by atoms with E-state index in [4.69, 9.17) is 10.5 Å². The van der Waals surface area contributed by atoms with Gasteiger partial charge < -0.3 is 15.6 Å². The number of rotatable bonds is 6. The molecule has 1 aliphatic heterocycles. The van der Waals surface area contributed by atoms with Gasteiger partial charge in [-0.2, -0.15) is 4.52 Å². The first-order chi connectivity index (χ1) is 14.0. The maximum atomic E-state index is 11.6. The highest BCUT2D eigenvalue weighted by Gasteiger charge is 2.33. The number of hydrogen-bond donors (Lipinski definition) is 2. The fourth-order valence-electron chi connectivity index (χ4n) is 3.90. The number of aryl methyl sites for hydroxylation is 1. The van der Waals surface area contributed by atoms with E-state index in [0.717, 1.165) is 16.2 Å². The zero-order valence-corrected chi connectivity index (χ0v) is 17.4. The number of methoxy groups -OCH3 is 1. The van der Waals surface area contributed by atoms with Gasteiger partial charge in [0.1, 0.15) is 5.75 Å². The maximum Gasteiger partial charge on any atom is 0.230 e. The van der Waals surface area contributed by atoms with Crippen molar-refractivity contribution < 1.29 is 14.6 Å². The molecule has 0 saturated carbocycles. The molecule has 29 heavy (non-hydrogen) atoms. The number of carbonyl (C=O) groups is 1. The molecule has 4 rings (SSSR count). The lowest BCUT2D eigenvalue weighted by Gasteiger charge is -2.36. The van der Waals surface area contributed by atoms with Gasteiger partial charge in [0.25, 0.3) is 0 Å². The molecule has 9 heteroatoms. The molecule has 1 atom stereocenters. The van der Waals surface area contributed by atoms with Gasteiger partial charge in [-0.25, -0.2) is 4.98 Å². The van der Waals surface area contributed by atoms with Gasteiger partial charge in [-0.3, -0.25) is 9.69 Å². The lowest BCUT2D eigenvalue weighted by Crippen LogP contribution is -2.40. The molecule has 0 bridgehead atoms. The highest BCUT2D eigenvalue weighted by atomic mass is 32.1. The number of nitrogens with zero attached hydrogens (tertiary/aromatic N) is 4. The van der Waals surface area contributed by atoms with Crippen LogP contribution in [0.25, 0.3) is 4.96 Å². The van der Waals surface area contributed by atoms with Crippen molar-refractivity contribution in [1.29, 1.82) is 0 Å². The van der Waals surface area contributed by atoms with Gasteiger partial charge >= 0.3 is 0 Å². The molecule has 1 amide bonds. The molecule has 0 radical (unpaired) electrons. The second kappa shape index (κ2) is 8.00. The molecule has 1 fully saturated rings. The van der Waals surface area contributed by atoms with Crippen LogP contribution in [0, 0.1) is 5.92 Å². The number of nitrogens with two attached hydrogens (primary N) is 1. The number of carbonyl (C=O) groups excluding carboxylic acids is 1. The Labute approximate surface area is 172 Å². The number of aromatic nitrogens is 3. The number of fused-ring (bicyclic) bond motifs is 1. The van der Waals surface area contributed by atoms with Gasteiger partial charge in [-0.05, 0) is 43.6 Å². The predicted molar refractivity (Wildman–Crippen MR) is 110 cm³/mol. The van der Waals surface area contributed by atoms with E-state index in [-0.39, 0.29) is 23.7 Å². The SMILES string of the molecule is CCc1nc2sc([C@@H](c3cccc(OC)c3)N3CCC(C(N)=O)CC3)c(O)n2n1. The maximum absolute atomic E-state index is 11.6. The highest BCUT2D eigenvalue weighted by molar-refractivity contribution is 7.17. The first-order valence-electron chi connectivity index (χ1n) is 9.76. The molecule has 1 saturated heterocycles. The summed E-state index contributed by atoms with van der Waals surface area (Å²) in [6, 6.07) is 7.67. The van der Waals surface area contributed by atoms with Crippen molar-refractivity contribution in [3.05, 3.63) is 40.5 Å². The van der Waals surface area contributed by atoms with Crippen molar-refractivity contribution >= 4 is 22.2 Å². The normalized spacial score (nSPS) is 16.9. The zero-order chi connectivity index (χ0) is 20.5. The molecular formula is C20H25N5O3S. The molecule has 0 unspecified atom stereocenters. The van der Waals surface area contributed by atoms with Crippen LogP contribution in [0.4, 0.5) is 0 Å². The first-order valence-corrected chi connectivity index (χ1v) is 10.6. The summed E-state index contributed by atoms with van der Waals surface area (Å²) in [6.07, 6.45) is 2.12. The number of amides is 1. The van der Waals surface area contributed by atoms with Crippen LogP contribution in [0.2, 0.25) is 0 Å². The van der Waals surface area contributed by atoms with E-state index in [0.29, 0.717) is 43.1 Å². The lowest BCUT2D eigenvalue weighted by molar-refractivity contribution is -0.123. The number of primary amides is 1. The Hall–Kier alpha value is -2.65. The van der Waals surface area contributed by atoms with Crippen molar-refractivity contribution in [1.82, 2.24) is 19.5 Å². The van der Waals surface area contributed by atoms with Crippen LogP contribution >= 0.6 is 11.3 Å². The number of benzene rings is 1. The summed E-state index contributed by atoms with van der Waals surface area (Å²) >= 11 is 1.44. The van der Waals surface area contributed by atoms with E-state index in [1.807, 2.05) is 31.2 Å². The molecule has 0 aliphatic carbocycles. The van der Waals surface area contributed by atoms with Crippen molar-refractivity contribution in [2.24, 2.45) is 11.7 Å². The fraction of sp³-hybridized carbons (Fsp3) is 0.450. The standard InChI is InChI=1S/C20H25N5O3S/c1-3-15-22-20-25(23-15)19(27)17(29-20)16(13-5-4-6-14(11-13)28-2)24-9-7-12(8-10-24)18(21)26/h4-6,11-12,16,27H,3,7-10H2,1-2H3,(H2,21,26)/t16-/m1/s1. The molecule has 3 aromatic rings.